The summed E-state index contributed by atoms with van der Waals surface area (Å²) < 4.78 is 38.3. The maximum atomic E-state index is 12.7. The Hall–Kier alpha value is -2.36. The van der Waals surface area contributed by atoms with Crippen molar-refractivity contribution in [2.24, 2.45) is 0 Å². The molecule has 0 fully saturated rings. The molecule has 0 atom stereocenters. The zero-order chi connectivity index (χ0) is 21.6. The van der Waals surface area contributed by atoms with Gasteiger partial charge in [-0.3, -0.25) is 0 Å². The van der Waals surface area contributed by atoms with Gasteiger partial charge >= 0.3 is 0 Å². The number of aromatic nitrogens is 2. The molecular formula is C21H25N3O4S2. The molecule has 0 amide bonds. The van der Waals surface area contributed by atoms with Crippen LogP contribution in [0.1, 0.15) is 19.4 Å². The number of nitrogens with zero attached hydrogens (tertiary/aromatic N) is 3. The van der Waals surface area contributed by atoms with Crippen molar-refractivity contribution in [3.63, 3.8) is 0 Å². The molecule has 0 aliphatic carbocycles. The highest BCUT2D eigenvalue weighted by molar-refractivity contribution is 7.99. The fraction of sp³-hybridized carbons (Fsp3) is 0.333. The molecule has 1 heterocycles. The fourth-order valence-electron chi connectivity index (χ4n) is 2.88. The molecule has 3 rings (SSSR count). The number of benzene rings is 2. The quantitative estimate of drug-likeness (QED) is 0.339. The Balaban J connectivity index is 1.63. The van der Waals surface area contributed by atoms with Crippen LogP contribution < -0.4 is 4.74 Å². The fourth-order valence-corrected chi connectivity index (χ4v) is 4.96. The Morgan fingerprint density at radius 3 is 2.57 bits per heavy atom. The van der Waals surface area contributed by atoms with Gasteiger partial charge in [0.15, 0.2) is 0 Å². The standard InChI is InChI=1S/C21H25N3O4S2/c1-4-24(5-2)30(25,26)19-11-7-9-17(15-19)20-22-23-21(28-20)29-13-12-27-18-10-6-8-16(3)14-18/h6-11,14-15H,4-5,12-13H2,1-3H3. The summed E-state index contributed by atoms with van der Waals surface area (Å²) in [5.74, 6) is 1.76. The lowest BCUT2D eigenvalue weighted by Crippen LogP contribution is -2.30. The monoisotopic (exact) mass is 447 g/mol. The summed E-state index contributed by atoms with van der Waals surface area (Å²) in [4.78, 5) is 0.211. The lowest BCUT2D eigenvalue weighted by molar-refractivity contribution is 0.343. The van der Waals surface area contributed by atoms with E-state index in [0.717, 1.165) is 11.3 Å². The van der Waals surface area contributed by atoms with Crippen LogP contribution >= 0.6 is 11.8 Å². The molecule has 7 nitrogen and oxygen atoms in total. The second-order valence-corrected chi connectivity index (χ2v) is 9.49. The number of aryl methyl sites for hydroxylation is 1. The molecule has 9 heteroatoms. The lowest BCUT2D eigenvalue weighted by Gasteiger charge is -2.18. The van der Waals surface area contributed by atoms with E-state index in [1.54, 1.807) is 24.3 Å². The largest absolute Gasteiger partial charge is 0.493 e. The normalized spacial score (nSPS) is 11.7. The number of rotatable bonds is 10. The van der Waals surface area contributed by atoms with E-state index in [-0.39, 0.29) is 10.8 Å². The predicted molar refractivity (Wildman–Crippen MR) is 117 cm³/mol. The first-order valence-corrected chi connectivity index (χ1v) is 12.1. The molecule has 0 saturated carbocycles. The molecule has 1 aromatic heterocycles. The molecule has 0 radical (unpaired) electrons. The van der Waals surface area contributed by atoms with Crippen LogP contribution in [0.3, 0.4) is 0 Å². The Labute approximate surface area is 181 Å². The average Bonchev–Trinajstić information content (AvgIpc) is 3.21. The van der Waals surface area contributed by atoms with Gasteiger partial charge in [-0.05, 0) is 42.8 Å². The van der Waals surface area contributed by atoms with E-state index in [1.807, 2.05) is 45.0 Å². The van der Waals surface area contributed by atoms with E-state index in [2.05, 4.69) is 10.2 Å². The van der Waals surface area contributed by atoms with Crippen molar-refractivity contribution in [2.75, 3.05) is 25.4 Å². The van der Waals surface area contributed by atoms with Crippen LogP contribution in [0.15, 0.2) is 63.1 Å². The number of sulfonamides is 1. The molecule has 30 heavy (non-hydrogen) atoms. The van der Waals surface area contributed by atoms with Crippen LogP contribution in [0, 0.1) is 6.92 Å². The second kappa shape index (κ2) is 10.1. The molecule has 0 aliphatic rings. The summed E-state index contributed by atoms with van der Waals surface area (Å²) in [6.45, 7) is 6.97. The van der Waals surface area contributed by atoms with Gasteiger partial charge < -0.3 is 9.15 Å². The molecule has 2 aromatic carbocycles. The smallest absolute Gasteiger partial charge is 0.276 e. The first kappa shape index (κ1) is 22.3. The Bertz CT molecular complexity index is 1080. The topological polar surface area (TPSA) is 85.5 Å². The number of thioether (sulfide) groups is 1. The molecule has 0 N–H and O–H groups in total. The third-order valence-electron chi connectivity index (χ3n) is 4.40. The first-order valence-electron chi connectivity index (χ1n) is 9.70. The minimum absolute atomic E-state index is 0.211. The Morgan fingerprint density at radius 2 is 1.83 bits per heavy atom. The van der Waals surface area contributed by atoms with Crippen LogP contribution in [0.5, 0.6) is 5.75 Å². The van der Waals surface area contributed by atoms with Crippen molar-refractivity contribution in [3.05, 3.63) is 54.1 Å². The van der Waals surface area contributed by atoms with Gasteiger partial charge in [-0.25, -0.2) is 8.42 Å². The van der Waals surface area contributed by atoms with Crippen molar-refractivity contribution in [1.29, 1.82) is 0 Å². The minimum atomic E-state index is -3.55. The van der Waals surface area contributed by atoms with Gasteiger partial charge in [-0.2, -0.15) is 4.31 Å². The van der Waals surface area contributed by atoms with Crippen LogP contribution in [0.25, 0.3) is 11.5 Å². The summed E-state index contributed by atoms with van der Waals surface area (Å²) >= 11 is 1.39. The lowest BCUT2D eigenvalue weighted by atomic mass is 10.2. The van der Waals surface area contributed by atoms with Gasteiger partial charge in [-0.1, -0.05) is 43.8 Å². The van der Waals surface area contributed by atoms with E-state index in [4.69, 9.17) is 9.15 Å². The third kappa shape index (κ3) is 5.41. The maximum Gasteiger partial charge on any atom is 0.276 e. The summed E-state index contributed by atoms with van der Waals surface area (Å²) in [5.41, 5.74) is 1.71. The molecule has 0 unspecified atom stereocenters. The average molecular weight is 448 g/mol. The van der Waals surface area contributed by atoms with E-state index in [1.165, 1.54) is 16.1 Å². The molecular weight excluding hydrogens is 422 g/mol. The van der Waals surface area contributed by atoms with Crippen molar-refractivity contribution in [2.45, 2.75) is 30.9 Å². The zero-order valence-corrected chi connectivity index (χ0v) is 18.9. The van der Waals surface area contributed by atoms with Crippen molar-refractivity contribution >= 4 is 21.8 Å². The number of ether oxygens (including phenoxy) is 1. The summed E-state index contributed by atoms with van der Waals surface area (Å²) in [6.07, 6.45) is 0. The summed E-state index contributed by atoms with van der Waals surface area (Å²) in [6, 6.07) is 14.4. The van der Waals surface area contributed by atoms with E-state index in [0.29, 0.717) is 36.2 Å². The molecule has 0 spiro atoms. The number of hydrogen-bond donors (Lipinski definition) is 0. The van der Waals surface area contributed by atoms with Crippen LogP contribution in [0.2, 0.25) is 0 Å². The molecule has 0 bridgehead atoms. The van der Waals surface area contributed by atoms with Gasteiger partial charge in [0.05, 0.1) is 11.5 Å². The van der Waals surface area contributed by atoms with E-state index < -0.39 is 10.0 Å². The van der Waals surface area contributed by atoms with E-state index >= 15 is 0 Å². The van der Waals surface area contributed by atoms with Crippen LogP contribution in [0.4, 0.5) is 0 Å². The number of hydrogen-bond acceptors (Lipinski definition) is 7. The molecule has 0 saturated heterocycles. The first-order chi connectivity index (χ1) is 14.4. The van der Waals surface area contributed by atoms with Crippen molar-refractivity contribution in [3.8, 4) is 17.2 Å². The predicted octanol–water partition coefficient (Wildman–Crippen LogP) is 4.25. The van der Waals surface area contributed by atoms with Crippen molar-refractivity contribution < 1.29 is 17.6 Å². The molecule has 160 valence electrons. The highest BCUT2D eigenvalue weighted by Gasteiger charge is 2.22. The molecule has 3 aromatic rings. The van der Waals surface area contributed by atoms with Gasteiger partial charge in [0.1, 0.15) is 5.75 Å². The van der Waals surface area contributed by atoms with Gasteiger partial charge in [0.25, 0.3) is 5.22 Å². The van der Waals surface area contributed by atoms with Crippen molar-refractivity contribution in [1.82, 2.24) is 14.5 Å². The summed E-state index contributed by atoms with van der Waals surface area (Å²) in [5, 5.41) is 8.51. The summed E-state index contributed by atoms with van der Waals surface area (Å²) in [7, 11) is -3.55. The zero-order valence-electron chi connectivity index (χ0n) is 17.2. The Morgan fingerprint density at radius 1 is 1.07 bits per heavy atom. The van der Waals surface area contributed by atoms with Gasteiger partial charge in [0, 0.05) is 24.4 Å². The van der Waals surface area contributed by atoms with E-state index in [9.17, 15) is 8.42 Å². The second-order valence-electron chi connectivity index (χ2n) is 6.50. The highest BCUT2D eigenvalue weighted by atomic mass is 32.2. The third-order valence-corrected chi connectivity index (χ3v) is 7.23. The van der Waals surface area contributed by atoms with Gasteiger partial charge in [-0.15, -0.1) is 10.2 Å². The van der Waals surface area contributed by atoms with Crippen LogP contribution in [-0.2, 0) is 10.0 Å². The van der Waals surface area contributed by atoms with Crippen LogP contribution in [-0.4, -0.2) is 48.4 Å². The van der Waals surface area contributed by atoms with Gasteiger partial charge in [0.2, 0.25) is 15.9 Å². The minimum Gasteiger partial charge on any atom is -0.493 e. The SMILES string of the molecule is CCN(CC)S(=O)(=O)c1cccc(-c2nnc(SCCOc3cccc(C)c3)o2)c1. The Kier molecular flexibility index (Phi) is 7.52. The maximum absolute atomic E-state index is 12.7. The highest BCUT2D eigenvalue weighted by Crippen LogP contribution is 2.26. The molecule has 0 aliphatic heterocycles.